The predicted octanol–water partition coefficient (Wildman–Crippen LogP) is -0.562. The van der Waals surface area contributed by atoms with Gasteiger partial charge in [0.25, 0.3) is 0 Å². The van der Waals surface area contributed by atoms with Crippen LogP contribution in [-0.4, -0.2) is 104 Å². The number of quaternary nitrogens is 1. The second kappa shape index (κ2) is 20.0. The van der Waals surface area contributed by atoms with Crippen LogP contribution in [0.2, 0.25) is 10.0 Å². The molecule has 12 nitrogen and oxygen atoms in total. The summed E-state index contributed by atoms with van der Waals surface area (Å²) in [6.45, 7) is 0.149. The molecule has 0 fully saturated rings. The topological polar surface area (TPSA) is 188 Å². The van der Waals surface area contributed by atoms with Crippen LogP contribution in [0.1, 0.15) is 0 Å². The molecule has 15 heteroatoms. The van der Waals surface area contributed by atoms with Crippen LogP contribution < -0.4 is 20.5 Å². The fraction of sp³-hybridized carbons (Fsp3) is 0.556. The number of carbonyl (C=O) groups excluding carboxylic acids is 1. The number of ether oxygens (including phenoxy) is 1. The van der Waals surface area contributed by atoms with Crippen LogP contribution in [0.4, 0.5) is 0 Å². The summed E-state index contributed by atoms with van der Waals surface area (Å²) in [6.07, 6.45) is -0.598. The molecule has 6 N–H and O–H groups in total. The number of carbonyl (C=O) groups is 2. The van der Waals surface area contributed by atoms with E-state index >= 15 is 0 Å². The molecule has 0 spiro atoms. The van der Waals surface area contributed by atoms with Gasteiger partial charge in [-0.25, -0.2) is 0 Å². The molecule has 0 aliphatic carbocycles. The van der Waals surface area contributed by atoms with Gasteiger partial charge in [-0.15, -0.1) is 0 Å². The molecular formula is C18H34Cl2N3O9P. The van der Waals surface area contributed by atoms with Crippen molar-refractivity contribution >= 4 is 42.7 Å². The second-order valence-electron chi connectivity index (χ2n) is 7.12. The summed E-state index contributed by atoms with van der Waals surface area (Å²) in [4.78, 5) is 36.2. The molecule has 194 valence electrons. The molecule has 0 saturated heterocycles. The van der Waals surface area contributed by atoms with Crippen molar-refractivity contribution in [2.24, 2.45) is 0 Å². The van der Waals surface area contributed by atoms with Crippen LogP contribution in [0.3, 0.4) is 0 Å². The van der Waals surface area contributed by atoms with Crippen LogP contribution in [0, 0.1) is 0 Å². The molecule has 1 rings (SSSR count). The van der Waals surface area contributed by atoms with Crippen molar-refractivity contribution in [3.63, 3.8) is 0 Å². The van der Waals surface area contributed by atoms with Crippen molar-refractivity contribution in [1.29, 1.82) is 0 Å². The van der Waals surface area contributed by atoms with E-state index in [1.54, 1.807) is 6.07 Å². The third kappa shape index (κ3) is 32.8. The number of rotatable bonds is 9. The van der Waals surface area contributed by atoms with Gasteiger partial charge < -0.3 is 44.4 Å². The van der Waals surface area contributed by atoms with Gasteiger partial charge in [0, 0.05) is 5.02 Å². The molecule has 0 saturated carbocycles. The molecule has 1 aromatic rings. The van der Waals surface area contributed by atoms with Crippen molar-refractivity contribution < 1.29 is 48.5 Å². The molecule has 0 radical (unpaired) electrons. The third-order valence-electron chi connectivity index (χ3n) is 2.60. The highest BCUT2D eigenvalue weighted by atomic mass is 35.5. The second-order valence-corrected chi connectivity index (χ2v) is 9.61. The van der Waals surface area contributed by atoms with Gasteiger partial charge in [0.1, 0.15) is 18.9 Å². The van der Waals surface area contributed by atoms with E-state index in [9.17, 15) is 19.3 Å². The lowest BCUT2D eigenvalue weighted by atomic mass is 10.3. The van der Waals surface area contributed by atoms with Crippen molar-refractivity contribution in [3.05, 3.63) is 28.2 Å². The molecular weight excluding hydrogens is 504 g/mol. The first-order chi connectivity index (χ1) is 15.0. The van der Waals surface area contributed by atoms with E-state index in [0.717, 1.165) is 11.0 Å². The van der Waals surface area contributed by atoms with Crippen LogP contribution in [0.15, 0.2) is 18.2 Å². The number of hydrogen-bond acceptors (Lipinski definition) is 8. The number of carboxylic acid groups (broad SMARTS) is 2. The van der Waals surface area contributed by atoms with Gasteiger partial charge in [0.05, 0.1) is 51.6 Å². The Kier molecular flexibility index (Phi) is 21.8. The van der Waals surface area contributed by atoms with E-state index in [0.29, 0.717) is 5.02 Å². The minimum atomic E-state index is -4.10. The quantitative estimate of drug-likeness (QED) is 0.175. The molecule has 0 amide bonds. The molecule has 0 aliphatic rings. The molecule has 0 unspecified atom stereocenters. The van der Waals surface area contributed by atoms with Crippen LogP contribution >= 0.6 is 30.8 Å². The van der Waals surface area contributed by atoms with E-state index < -0.39 is 39.0 Å². The molecule has 0 atom stereocenters. The number of halogens is 2. The van der Waals surface area contributed by atoms with Gasteiger partial charge in [0.2, 0.25) is 0 Å². The Labute approximate surface area is 203 Å². The highest BCUT2D eigenvalue weighted by molar-refractivity contribution is 7.51. The summed E-state index contributed by atoms with van der Waals surface area (Å²) < 4.78 is 15.7. The fourth-order valence-electron chi connectivity index (χ4n) is 1.34. The molecule has 0 aliphatic heterocycles. The Morgan fingerprint density at radius 2 is 1.70 bits per heavy atom. The van der Waals surface area contributed by atoms with Crippen molar-refractivity contribution in [3.8, 4) is 5.75 Å². The molecule has 0 heterocycles. The van der Waals surface area contributed by atoms with E-state index in [4.69, 9.17) is 47.9 Å². The highest BCUT2D eigenvalue weighted by Gasteiger charge is 2.11. The van der Waals surface area contributed by atoms with Crippen molar-refractivity contribution in [2.75, 3.05) is 67.8 Å². The van der Waals surface area contributed by atoms with Crippen LogP contribution in [0.5, 0.6) is 5.75 Å². The average Bonchev–Trinajstić information content (AvgIpc) is 2.60. The Balaban J connectivity index is -0.000000402. The molecule has 1 aromatic carbocycles. The highest BCUT2D eigenvalue weighted by Crippen LogP contribution is 2.31. The number of aliphatic hydroxyl groups is 1. The third-order valence-corrected chi connectivity index (χ3v) is 3.77. The van der Waals surface area contributed by atoms with Gasteiger partial charge in [-0.05, 0) is 32.3 Å². The molecule has 0 bridgehead atoms. The minimum absolute atomic E-state index is 0.272. The Morgan fingerprint density at radius 3 is 2.00 bits per heavy atom. The minimum Gasteiger partial charge on any atom is -0.546 e. The number of aliphatic hydroxyl groups excluding tert-OH is 1. The van der Waals surface area contributed by atoms with Crippen molar-refractivity contribution in [1.82, 2.24) is 10.6 Å². The number of carboxylic acids is 2. The average molecular weight is 538 g/mol. The first-order valence-electron chi connectivity index (χ1n) is 9.23. The van der Waals surface area contributed by atoms with E-state index in [1.807, 2.05) is 14.1 Å². The van der Waals surface area contributed by atoms with E-state index in [2.05, 4.69) is 31.8 Å². The standard InChI is InChI=1S/C8H6Cl2O3.C5H14NO.C3H8NO5P.C2H7N/c9-5-1-2-7(6(10)3-5)13-4-8(11)12;1-6(2,3)4-5-7;5-3(6)1-4-2-10(7,8)9;1-3-2/h1-3H,4H2,(H,11,12);7H,4-5H2,1-3H3;4H,1-2H2,(H,5,6)(H2,7,8,9);3H,1-2H3/q;+1;;/p-1. The summed E-state index contributed by atoms with van der Waals surface area (Å²) in [5.41, 5.74) is 0. The maximum Gasteiger partial charge on any atom is 0.339 e. The molecule has 0 aromatic heterocycles. The zero-order chi connectivity index (χ0) is 26.7. The SMILES string of the molecule is CNC.C[N+](C)(C)CCO.O=C(O)CNCP(=O)(O)O.O=C([O-])COc1ccc(Cl)cc1Cl. The zero-order valence-electron chi connectivity index (χ0n) is 19.2. The van der Waals surface area contributed by atoms with Crippen LogP contribution in [-0.2, 0) is 14.2 Å². The summed E-state index contributed by atoms with van der Waals surface area (Å²) in [7, 11) is 5.81. The van der Waals surface area contributed by atoms with Gasteiger partial charge in [-0.2, -0.15) is 0 Å². The summed E-state index contributed by atoms with van der Waals surface area (Å²) in [5, 5.41) is 32.0. The predicted molar refractivity (Wildman–Crippen MR) is 124 cm³/mol. The largest absolute Gasteiger partial charge is 0.546 e. The van der Waals surface area contributed by atoms with E-state index in [1.165, 1.54) is 12.1 Å². The summed E-state index contributed by atoms with van der Waals surface area (Å²) in [5.74, 6) is -2.17. The van der Waals surface area contributed by atoms with Gasteiger partial charge >= 0.3 is 13.6 Å². The number of aliphatic carboxylic acids is 2. The van der Waals surface area contributed by atoms with E-state index in [-0.39, 0.29) is 17.4 Å². The lowest BCUT2D eigenvalue weighted by molar-refractivity contribution is -0.870. The Bertz CT molecular complexity index is 729. The maximum absolute atomic E-state index is 10.1. The first kappa shape index (κ1) is 36.1. The summed E-state index contributed by atoms with van der Waals surface area (Å²) in [6, 6.07) is 4.51. The number of benzene rings is 1. The lowest BCUT2D eigenvalue weighted by Gasteiger charge is -2.21. The summed E-state index contributed by atoms with van der Waals surface area (Å²) >= 11 is 11.3. The fourth-order valence-corrected chi connectivity index (χ4v) is 2.20. The number of nitrogens with one attached hydrogen (secondary N) is 2. The number of likely N-dealkylation sites (N-methyl/N-ethyl adjacent to an activating group) is 1. The smallest absolute Gasteiger partial charge is 0.339 e. The van der Waals surface area contributed by atoms with Gasteiger partial charge in [-0.3, -0.25) is 14.7 Å². The van der Waals surface area contributed by atoms with Crippen molar-refractivity contribution in [2.45, 2.75) is 0 Å². The Hall–Kier alpha value is -1.47. The van der Waals surface area contributed by atoms with Crippen LogP contribution in [0.25, 0.3) is 0 Å². The normalized spacial score (nSPS) is 10.4. The number of nitrogens with zero attached hydrogens (tertiary/aromatic N) is 1. The number of hydrogen-bond donors (Lipinski definition) is 6. The maximum atomic E-state index is 10.1. The first-order valence-corrected chi connectivity index (χ1v) is 11.8. The van der Waals surface area contributed by atoms with Gasteiger partial charge in [0.15, 0.2) is 0 Å². The molecule has 33 heavy (non-hydrogen) atoms. The zero-order valence-corrected chi connectivity index (χ0v) is 21.7. The lowest BCUT2D eigenvalue weighted by Crippen LogP contribution is -2.36. The monoisotopic (exact) mass is 537 g/mol. The van der Waals surface area contributed by atoms with Gasteiger partial charge in [-0.1, -0.05) is 23.2 Å². The Morgan fingerprint density at radius 1 is 1.18 bits per heavy atom.